The Morgan fingerprint density at radius 1 is 1.18 bits per heavy atom. The fourth-order valence-electron chi connectivity index (χ4n) is 5.21. The van der Waals surface area contributed by atoms with E-state index in [0.717, 1.165) is 0 Å². The van der Waals surface area contributed by atoms with Gasteiger partial charge in [-0.2, -0.15) is 0 Å². The molecule has 0 N–H and O–H groups in total. The third kappa shape index (κ3) is 1.53. The molecule has 2 nitrogen and oxygen atoms in total. The Bertz CT molecular complexity index is 734. The zero-order chi connectivity index (χ0) is 15.5. The zero-order valence-electron chi connectivity index (χ0n) is 14.3. The summed E-state index contributed by atoms with van der Waals surface area (Å²) in [5.74, 6) is 0.564. The Hall–Kier alpha value is -1.57. The van der Waals surface area contributed by atoms with E-state index in [9.17, 15) is 0 Å². The summed E-state index contributed by atoms with van der Waals surface area (Å²) in [6, 6.07) is 7.02. The molecule has 2 heterocycles. The molecule has 1 unspecified atom stereocenters. The van der Waals surface area contributed by atoms with Crippen molar-refractivity contribution >= 4 is 0 Å². The van der Waals surface area contributed by atoms with E-state index < -0.39 is 0 Å². The molecule has 4 rings (SSSR count). The molecule has 2 aliphatic rings. The Morgan fingerprint density at radius 3 is 2.64 bits per heavy atom. The van der Waals surface area contributed by atoms with Gasteiger partial charge < -0.3 is 0 Å². The molecule has 0 saturated carbocycles. The lowest BCUT2D eigenvalue weighted by Crippen LogP contribution is -2.54. The Labute approximate surface area is 133 Å². The van der Waals surface area contributed by atoms with Gasteiger partial charge in [-0.1, -0.05) is 39.0 Å². The van der Waals surface area contributed by atoms with E-state index in [0.29, 0.717) is 5.92 Å². The minimum atomic E-state index is 0.207. The average molecular weight is 295 g/mol. The number of nitrogens with zero attached hydrogens (tertiary/aromatic N) is 2. The molecule has 0 bridgehead atoms. The van der Waals surface area contributed by atoms with Gasteiger partial charge in [0.1, 0.15) is 11.2 Å². The van der Waals surface area contributed by atoms with Crippen molar-refractivity contribution in [1.82, 2.24) is 4.68 Å². The van der Waals surface area contributed by atoms with Crippen LogP contribution in [0.5, 0.6) is 0 Å². The maximum atomic E-state index is 2.64. The van der Waals surface area contributed by atoms with E-state index in [1.165, 1.54) is 37.8 Å². The van der Waals surface area contributed by atoms with Gasteiger partial charge in [-0.15, -0.1) is 9.36 Å². The van der Waals surface area contributed by atoms with Gasteiger partial charge in [-0.05, 0) is 43.2 Å². The van der Waals surface area contributed by atoms with Crippen LogP contribution in [0.3, 0.4) is 0 Å². The number of rotatable bonds is 2. The minimum Gasteiger partial charge on any atom is -0.146 e. The van der Waals surface area contributed by atoms with Crippen molar-refractivity contribution in [3.8, 4) is 11.3 Å². The molecule has 1 aliphatic carbocycles. The lowest BCUT2D eigenvalue weighted by atomic mass is 9.71. The topological polar surface area (TPSA) is 8.81 Å². The number of aromatic nitrogens is 2. The van der Waals surface area contributed by atoms with Crippen molar-refractivity contribution in [2.24, 2.45) is 7.05 Å². The zero-order valence-corrected chi connectivity index (χ0v) is 14.3. The summed E-state index contributed by atoms with van der Waals surface area (Å²) in [5, 5.41) is 0. The molecular formula is C20H27N2+. The van der Waals surface area contributed by atoms with Gasteiger partial charge >= 0.3 is 0 Å². The normalized spacial score (nSPS) is 21.4. The molecule has 1 aliphatic heterocycles. The largest absolute Gasteiger partial charge is 0.199 e. The number of aryl methyl sites for hydroxylation is 3. The lowest BCUT2D eigenvalue weighted by molar-refractivity contribution is -0.761. The van der Waals surface area contributed by atoms with Crippen LogP contribution in [0.25, 0.3) is 11.3 Å². The highest BCUT2D eigenvalue weighted by Gasteiger charge is 2.48. The van der Waals surface area contributed by atoms with Crippen LogP contribution in [0.1, 0.15) is 62.6 Å². The van der Waals surface area contributed by atoms with E-state index in [2.05, 4.69) is 61.6 Å². The monoisotopic (exact) mass is 295 g/mol. The van der Waals surface area contributed by atoms with E-state index in [1.54, 1.807) is 22.3 Å². The first-order chi connectivity index (χ1) is 10.6. The van der Waals surface area contributed by atoms with Crippen LogP contribution in [0.4, 0.5) is 0 Å². The SMILES string of the molecule is CCC1(CC)C(C)c2cccc3c2-c2c(c[n+](C)n21)CCC3. The molecule has 0 fully saturated rings. The highest BCUT2D eigenvalue weighted by molar-refractivity contribution is 5.74. The fraction of sp³-hybridized carbons (Fsp3) is 0.550. The Morgan fingerprint density at radius 2 is 1.91 bits per heavy atom. The fourth-order valence-corrected chi connectivity index (χ4v) is 5.21. The number of hydrogen-bond acceptors (Lipinski definition) is 0. The Kier molecular flexibility index (Phi) is 3.01. The summed E-state index contributed by atoms with van der Waals surface area (Å²) in [4.78, 5) is 0. The van der Waals surface area contributed by atoms with Crippen molar-refractivity contribution in [2.45, 2.75) is 64.3 Å². The minimum absolute atomic E-state index is 0.207. The van der Waals surface area contributed by atoms with E-state index in [1.807, 2.05) is 0 Å². The lowest BCUT2D eigenvalue weighted by Gasteiger charge is -2.42. The predicted octanol–water partition coefficient (Wildman–Crippen LogP) is 4.10. The molecule has 0 saturated heterocycles. The van der Waals surface area contributed by atoms with Crippen molar-refractivity contribution < 1.29 is 4.68 Å². The summed E-state index contributed by atoms with van der Waals surface area (Å²) in [7, 11) is 2.23. The van der Waals surface area contributed by atoms with Gasteiger partial charge in [-0.3, -0.25) is 0 Å². The maximum Gasteiger partial charge on any atom is 0.199 e. The van der Waals surface area contributed by atoms with Crippen LogP contribution >= 0.6 is 0 Å². The van der Waals surface area contributed by atoms with Crippen molar-refractivity contribution in [1.29, 1.82) is 0 Å². The van der Waals surface area contributed by atoms with Crippen LogP contribution in [-0.4, -0.2) is 4.68 Å². The molecular weight excluding hydrogens is 268 g/mol. The summed E-state index contributed by atoms with van der Waals surface area (Å²) in [6.45, 7) is 7.16. The summed E-state index contributed by atoms with van der Waals surface area (Å²) in [6.07, 6.45) is 8.46. The van der Waals surface area contributed by atoms with Crippen molar-refractivity contribution in [3.63, 3.8) is 0 Å². The summed E-state index contributed by atoms with van der Waals surface area (Å²) in [5.41, 5.74) is 7.97. The second-order valence-corrected chi connectivity index (χ2v) is 7.16. The van der Waals surface area contributed by atoms with Gasteiger partial charge in [0.2, 0.25) is 0 Å². The average Bonchev–Trinajstić information content (AvgIpc) is 2.75. The predicted molar refractivity (Wildman–Crippen MR) is 90.0 cm³/mol. The van der Waals surface area contributed by atoms with Gasteiger partial charge in [-0.25, -0.2) is 0 Å². The molecule has 1 aromatic heterocycles. The van der Waals surface area contributed by atoms with E-state index in [4.69, 9.17) is 0 Å². The maximum absolute atomic E-state index is 2.64. The van der Waals surface area contributed by atoms with Gasteiger partial charge in [0, 0.05) is 17.0 Å². The molecule has 1 aromatic carbocycles. The standard InChI is InChI=1S/C20H27N2/c1-5-20(6-2)14(3)17-12-8-10-15-9-7-11-16-13-21(4)22(20)19(16)18(15)17/h8,10,12-14H,5-7,9,11H2,1-4H3/q+1. The third-order valence-electron chi connectivity index (χ3n) is 6.40. The number of benzene rings is 1. The van der Waals surface area contributed by atoms with Crippen LogP contribution in [-0.2, 0) is 25.4 Å². The summed E-state index contributed by atoms with van der Waals surface area (Å²) >= 11 is 0. The second-order valence-electron chi connectivity index (χ2n) is 7.16. The molecule has 0 spiro atoms. The van der Waals surface area contributed by atoms with Gasteiger partial charge in [0.15, 0.2) is 13.2 Å². The van der Waals surface area contributed by atoms with Gasteiger partial charge in [0.25, 0.3) is 0 Å². The molecule has 116 valence electrons. The number of hydrogen-bond donors (Lipinski definition) is 0. The van der Waals surface area contributed by atoms with Crippen LogP contribution < -0.4 is 4.68 Å². The third-order valence-corrected chi connectivity index (χ3v) is 6.40. The first kappa shape index (κ1) is 14.0. The highest BCUT2D eigenvalue weighted by Crippen LogP contribution is 2.51. The van der Waals surface area contributed by atoms with Crippen LogP contribution in [0.15, 0.2) is 24.4 Å². The van der Waals surface area contributed by atoms with Crippen LogP contribution in [0, 0.1) is 0 Å². The highest BCUT2D eigenvalue weighted by atomic mass is 15.4. The van der Waals surface area contributed by atoms with Crippen LogP contribution in [0.2, 0.25) is 0 Å². The van der Waals surface area contributed by atoms with Crippen molar-refractivity contribution in [2.75, 3.05) is 0 Å². The summed E-state index contributed by atoms with van der Waals surface area (Å²) < 4.78 is 5.02. The van der Waals surface area contributed by atoms with E-state index in [-0.39, 0.29) is 5.54 Å². The van der Waals surface area contributed by atoms with E-state index >= 15 is 0 Å². The molecule has 2 aromatic rings. The Balaban J connectivity index is 2.15. The quantitative estimate of drug-likeness (QED) is 0.738. The second kappa shape index (κ2) is 4.71. The molecule has 22 heavy (non-hydrogen) atoms. The van der Waals surface area contributed by atoms with Gasteiger partial charge in [0.05, 0.1) is 0 Å². The molecule has 0 amide bonds. The smallest absolute Gasteiger partial charge is 0.146 e. The molecule has 0 radical (unpaired) electrons. The first-order valence-corrected chi connectivity index (χ1v) is 8.87. The molecule has 1 atom stereocenters. The van der Waals surface area contributed by atoms with Crippen molar-refractivity contribution in [3.05, 3.63) is 41.1 Å². The molecule has 2 heteroatoms. The first-order valence-electron chi connectivity index (χ1n) is 8.87.